The number of aliphatic hydroxyl groups excluding tert-OH is 7. The third kappa shape index (κ3) is 15.3. The first-order valence-corrected chi connectivity index (χ1v) is 17.3. The number of unbranched alkanes of at least 4 members (excludes halogenated alkanes) is 11. The van der Waals surface area contributed by atoms with Crippen LogP contribution in [0.1, 0.15) is 84.0 Å². The fourth-order valence-corrected chi connectivity index (χ4v) is 5.50. The molecule has 7 N–H and O–H groups in total. The number of hydrogen-bond donors (Lipinski definition) is 7. The summed E-state index contributed by atoms with van der Waals surface area (Å²) in [7, 11) is 0. The van der Waals surface area contributed by atoms with Gasteiger partial charge in [0.05, 0.1) is 52.9 Å². The summed E-state index contributed by atoms with van der Waals surface area (Å²) in [6.07, 6.45) is 0.850. The van der Waals surface area contributed by atoms with Crippen LogP contribution in [0.25, 0.3) is 0 Å². The van der Waals surface area contributed by atoms with Crippen LogP contribution >= 0.6 is 0 Å². The number of ether oxygens (including phenoxy) is 7. The standard InChI is InChI=1S/C32H62O14/c1-2-3-4-5-6-7-8-9-10-11-12-13-14-40-15-16-41-17-18-42-19-20-43-31-29(39)27(37)30(24(22-34)45-31)46-32-28(38)26(36)25(35)23(21-33)44-32/h23-39H,2-22H2,1H3/t23-,24-,25+,26+,27-,28-,29-,30-,31-,32+/m1/s1. The van der Waals surface area contributed by atoms with Crippen molar-refractivity contribution in [1.29, 1.82) is 0 Å². The third-order valence-electron chi connectivity index (χ3n) is 8.36. The Balaban J connectivity index is 1.46. The molecule has 2 heterocycles. The van der Waals surface area contributed by atoms with E-state index in [2.05, 4.69) is 6.92 Å². The minimum atomic E-state index is -1.73. The van der Waals surface area contributed by atoms with Crippen molar-refractivity contribution < 1.29 is 68.9 Å². The molecular weight excluding hydrogens is 608 g/mol. The Bertz CT molecular complexity index is 716. The van der Waals surface area contributed by atoms with Crippen LogP contribution in [-0.4, -0.2) is 157 Å². The first kappa shape index (κ1) is 41.6. The van der Waals surface area contributed by atoms with Crippen LogP contribution in [0.2, 0.25) is 0 Å². The van der Waals surface area contributed by atoms with Gasteiger partial charge in [-0.1, -0.05) is 77.6 Å². The van der Waals surface area contributed by atoms with E-state index in [1.165, 1.54) is 70.6 Å². The van der Waals surface area contributed by atoms with E-state index in [-0.39, 0.29) is 13.2 Å². The van der Waals surface area contributed by atoms with Crippen molar-refractivity contribution in [2.45, 2.75) is 145 Å². The third-order valence-corrected chi connectivity index (χ3v) is 8.36. The van der Waals surface area contributed by atoms with Crippen molar-refractivity contribution in [1.82, 2.24) is 0 Å². The van der Waals surface area contributed by atoms with Crippen molar-refractivity contribution in [2.75, 3.05) is 59.5 Å². The van der Waals surface area contributed by atoms with E-state index in [1.54, 1.807) is 0 Å². The zero-order valence-electron chi connectivity index (χ0n) is 27.6. The molecule has 14 heteroatoms. The average Bonchev–Trinajstić information content (AvgIpc) is 3.06. The van der Waals surface area contributed by atoms with E-state index in [1.807, 2.05) is 0 Å². The fourth-order valence-electron chi connectivity index (χ4n) is 5.50. The predicted octanol–water partition coefficient (Wildman–Crippen LogP) is 0.378. The summed E-state index contributed by atoms with van der Waals surface area (Å²) < 4.78 is 38.5. The molecule has 0 unspecified atom stereocenters. The van der Waals surface area contributed by atoms with Gasteiger partial charge in [-0.2, -0.15) is 0 Å². The smallest absolute Gasteiger partial charge is 0.187 e. The molecule has 14 nitrogen and oxygen atoms in total. The maximum Gasteiger partial charge on any atom is 0.187 e. The Kier molecular flexibility index (Phi) is 23.0. The second-order valence-corrected chi connectivity index (χ2v) is 12.1. The zero-order valence-corrected chi connectivity index (χ0v) is 27.6. The molecule has 0 spiro atoms. The molecule has 2 fully saturated rings. The van der Waals surface area contributed by atoms with Crippen molar-refractivity contribution in [2.24, 2.45) is 0 Å². The second kappa shape index (κ2) is 25.4. The van der Waals surface area contributed by atoms with Crippen LogP contribution in [-0.2, 0) is 33.2 Å². The van der Waals surface area contributed by atoms with E-state index < -0.39 is 74.6 Å². The lowest BCUT2D eigenvalue weighted by Crippen LogP contribution is -2.64. The van der Waals surface area contributed by atoms with E-state index in [9.17, 15) is 35.7 Å². The van der Waals surface area contributed by atoms with Gasteiger partial charge in [0.1, 0.15) is 48.8 Å². The van der Waals surface area contributed by atoms with Gasteiger partial charge in [0, 0.05) is 6.61 Å². The molecule has 0 saturated carbocycles. The molecule has 2 rings (SSSR count). The topological polar surface area (TPSA) is 206 Å². The molecule has 2 saturated heterocycles. The molecular formula is C32H62O14. The molecule has 0 aliphatic carbocycles. The van der Waals surface area contributed by atoms with Gasteiger partial charge in [-0.15, -0.1) is 0 Å². The van der Waals surface area contributed by atoms with E-state index >= 15 is 0 Å². The second-order valence-electron chi connectivity index (χ2n) is 12.1. The summed E-state index contributed by atoms with van der Waals surface area (Å²) in [6, 6.07) is 0. The highest BCUT2D eigenvalue weighted by molar-refractivity contribution is 4.94. The molecule has 0 aromatic rings. The molecule has 0 amide bonds. The van der Waals surface area contributed by atoms with Crippen molar-refractivity contribution in [3.05, 3.63) is 0 Å². The van der Waals surface area contributed by atoms with Crippen molar-refractivity contribution in [3.8, 4) is 0 Å². The Morgan fingerprint density at radius 1 is 0.457 bits per heavy atom. The summed E-state index contributed by atoms with van der Waals surface area (Å²) in [5.74, 6) is 0. The average molecular weight is 671 g/mol. The molecule has 0 radical (unpaired) electrons. The van der Waals surface area contributed by atoms with Gasteiger partial charge in [0.25, 0.3) is 0 Å². The maximum absolute atomic E-state index is 10.6. The van der Waals surface area contributed by atoms with Gasteiger partial charge < -0.3 is 68.9 Å². The quantitative estimate of drug-likeness (QED) is 0.0590. The van der Waals surface area contributed by atoms with Crippen LogP contribution in [0.15, 0.2) is 0 Å². The summed E-state index contributed by atoms with van der Waals surface area (Å²) in [5.41, 5.74) is 0. The maximum atomic E-state index is 10.6. The molecule has 0 aromatic carbocycles. The Hall–Kier alpha value is -0.560. The first-order valence-electron chi connectivity index (χ1n) is 17.3. The Labute approximate surface area is 273 Å². The van der Waals surface area contributed by atoms with Gasteiger partial charge in [-0.25, -0.2) is 0 Å². The molecule has 46 heavy (non-hydrogen) atoms. The Morgan fingerprint density at radius 2 is 0.913 bits per heavy atom. The molecule has 0 bridgehead atoms. The largest absolute Gasteiger partial charge is 0.394 e. The predicted molar refractivity (Wildman–Crippen MR) is 166 cm³/mol. The van der Waals surface area contributed by atoms with Crippen LogP contribution in [0, 0.1) is 0 Å². The summed E-state index contributed by atoms with van der Waals surface area (Å²) in [5, 5.41) is 70.4. The van der Waals surface area contributed by atoms with Crippen LogP contribution < -0.4 is 0 Å². The fraction of sp³-hybridized carbons (Fsp3) is 1.00. The molecule has 0 aromatic heterocycles. The minimum absolute atomic E-state index is 0.0208. The molecule has 2 aliphatic rings. The first-order chi connectivity index (χ1) is 22.3. The van der Waals surface area contributed by atoms with Crippen LogP contribution in [0.3, 0.4) is 0 Å². The SMILES string of the molecule is CCCCCCCCCCCCCCOCCOCCOCCO[C@@H]1O[C@H](CO)[C@@H](O[C@@H]2O[C@H](CO)[C@H](O)[C@H](O)[C@H]2O)[C@H](O)[C@H]1O. The normalized spacial score (nSPS) is 31.8. The highest BCUT2D eigenvalue weighted by Gasteiger charge is 2.50. The molecule has 2 aliphatic heterocycles. The van der Waals surface area contributed by atoms with E-state index in [0.29, 0.717) is 26.4 Å². The number of hydrogen-bond acceptors (Lipinski definition) is 14. The summed E-state index contributed by atoms with van der Waals surface area (Å²) >= 11 is 0. The van der Waals surface area contributed by atoms with Crippen LogP contribution in [0.5, 0.6) is 0 Å². The van der Waals surface area contributed by atoms with E-state index in [4.69, 9.17) is 33.2 Å². The minimum Gasteiger partial charge on any atom is -0.394 e. The van der Waals surface area contributed by atoms with Crippen molar-refractivity contribution >= 4 is 0 Å². The van der Waals surface area contributed by atoms with Gasteiger partial charge in [-0.3, -0.25) is 0 Å². The number of aliphatic hydroxyl groups is 7. The van der Waals surface area contributed by atoms with Gasteiger partial charge in [-0.05, 0) is 6.42 Å². The molecule has 274 valence electrons. The Morgan fingerprint density at radius 3 is 1.46 bits per heavy atom. The monoisotopic (exact) mass is 670 g/mol. The summed E-state index contributed by atoms with van der Waals surface area (Å²) in [4.78, 5) is 0. The van der Waals surface area contributed by atoms with Gasteiger partial charge >= 0.3 is 0 Å². The summed E-state index contributed by atoms with van der Waals surface area (Å²) in [6.45, 7) is 3.60. The molecule has 10 atom stereocenters. The van der Waals surface area contributed by atoms with Crippen molar-refractivity contribution in [3.63, 3.8) is 0 Å². The van der Waals surface area contributed by atoms with Gasteiger partial charge in [0.15, 0.2) is 12.6 Å². The lowest BCUT2D eigenvalue weighted by Gasteiger charge is -2.45. The lowest BCUT2D eigenvalue weighted by atomic mass is 9.97. The number of rotatable bonds is 27. The van der Waals surface area contributed by atoms with Crippen LogP contribution in [0.4, 0.5) is 0 Å². The highest BCUT2D eigenvalue weighted by atomic mass is 16.7. The lowest BCUT2D eigenvalue weighted by molar-refractivity contribution is -0.359. The van der Waals surface area contributed by atoms with E-state index in [0.717, 1.165) is 13.0 Å². The zero-order chi connectivity index (χ0) is 33.6. The van der Waals surface area contributed by atoms with Gasteiger partial charge in [0.2, 0.25) is 0 Å². The highest BCUT2D eigenvalue weighted by Crippen LogP contribution is 2.29.